The topological polar surface area (TPSA) is 41.1 Å². The fourth-order valence-corrected chi connectivity index (χ4v) is 2.02. The predicted molar refractivity (Wildman–Crippen MR) is 60.5 cm³/mol. The van der Waals surface area contributed by atoms with Crippen molar-refractivity contribution in [2.45, 2.75) is 19.4 Å². The molecule has 1 aliphatic rings. The highest BCUT2D eigenvalue weighted by atomic mass is 19.2. The summed E-state index contributed by atoms with van der Waals surface area (Å²) in [6, 6.07) is 1.35. The Balaban J connectivity index is 2.14. The minimum absolute atomic E-state index is 0.123. The number of carbonyl (C=O) groups is 1. The largest absolute Gasteiger partial charge is 0.322 e. The Morgan fingerprint density at radius 2 is 2.06 bits per heavy atom. The van der Waals surface area contributed by atoms with Crippen molar-refractivity contribution < 1.29 is 18.0 Å². The second kappa shape index (κ2) is 4.97. The second-order valence-corrected chi connectivity index (χ2v) is 4.41. The number of benzene rings is 1. The van der Waals surface area contributed by atoms with Crippen LogP contribution in [0.5, 0.6) is 0 Å². The zero-order chi connectivity index (χ0) is 13.3. The smallest absolute Gasteiger partial charge is 0.241 e. The average Bonchev–Trinajstić information content (AvgIpc) is 2.76. The van der Waals surface area contributed by atoms with Gasteiger partial charge in [-0.15, -0.1) is 0 Å². The van der Waals surface area contributed by atoms with Crippen LogP contribution < -0.4 is 10.6 Å². The van der Waals surface area contributed by atoms with Gasteiger partial charge in [-0.2, -0.15) is 0 Å². The summed E-state index contributed by atoms with van der Waals surface area (Å²) in [6.07, 6.45) is 0.846. The average molecular weight is 258 g/mol. The summed E-state index contributed by atoms with van der Waals surface area (Å²) in [7, 11) is 0. The summed E-state index contributed by atoms with van der Waals surface area (Å²) in [5.41, 5.74) is -0.347. The molecular formula is C12H13F3N2O. The fourth-order valence-electron chi connectivity index (χ4n) is 2.02. The monoisotopic (exact) mass is 258 g/mol. The molecule has 1 fully saturated rings. The normalized spacial score (nSPS) is 23.1. The molecule has 6 heteroatoms. The molecule has 98 valence electrons. The van der Waals surface area contributed by atoms with Gasteiger partial charge in [0.1, 0.15) is 0 Å². The first-order valence-electron chi connectivity index (χ1n) is 5.68. The molecule has 2 rings (SSSR count). The molecule has 1 aromatic carbocycles. The summed E-state index contributed by atoms with van der Waals surface area (Å²) in [6.45, 7) is 2.60. The molecule has 0 aliphatic carbocycles. The summed E-state index contributed by atoms with van der Waals surface area (Å²) >= 11 is 0. The molecule has 0 aromatic heterocycles. The van der Waals surface area contributed by atoms with Crippen molar-refractivity contribution in [3.05, 3.63) is 29.6 Å². The van der Waals surface area contributed by atoms with Gasteiger partial charge in [0, 0.05) is 0 Å². The minimum atomic E-state index is -1.58. The molecular weight excluding hydrogens is 245 g/mol. The quantitative estimate of drug-likeness (QED) is 0.797. The molecule has 0 bridgehead atoms. The van der Waals surface area contributed by atoms with Crippen molar-refractivity contribution in [1.82, 2.24) is 5.32 Å². The first-order valence-corrected chi connectivity index (χ1v) is 5.68. The van der Waals surface area contributed by atoms with Gasteiger partial charge in [-0.25, -0.2) is 13.2 Å². The number of halogens is 3. The summed E-state index contributed by atoms with van der Waals surface area (Å²) < 4.78 is 39.1. The van der Waals surface area contributed by atoms with E-state index in [9.17, 15) is 18.0 Å². The molecule has 0 spiro atoms. The third-order valence-corrected chi connectivity index (χ3v) is 3.11. The molecule has 2 N–H and O–H groups in total. The van der Waals surface area contributed by atoms with Crippen molar-refractivity contribution in [2.75, 3.05) is 11.9 Å². The third kappa shape index (κ3) is 2.33. The van der Waals surface area contributed by atoms with Crippen LogP contribution in [0.15, 0.2) is 12.1 Å². The number of rotatable bonds is 2. The maximum Gasteiger partial charge on any atom is 0.241 e. The highest BCUT2D eigenvalue weighted by Gasteiger charge is 2.30. The lowest BCUT2D eigenvalue weighted by Crippen LogP contribution is -2.39. The van der Waals surface area contributed by atoms with Gasteiger partial charge in [-0.05, 0) is 31.0 Å². The molecule has 2 unspecified atom stereocenters. The van der Waals surface area contributed by atoms with Crippen molar-refractivity contribution in [2.24, 2.45) is 5.92 Å². The van der Waals surface area contributed by atoms with Crippen molar-refractivity contribution in [3.63, 3.8) is 0 Å². The summed E-state index contributed by atoms with van der Waals surface area (Å²) in [4.78, 5) is 11.8. The van der Waals surface area contributed by atoms with Crippen LogP contribution in [-0.4, -0.2) is 18.5 Å². The Labute approximate surface area is 102 Å². The Hall–Kier alpha value is -1.56. The zero-order valence-corrected chi connectivity index (χ0v) is 9.77. The molecule has 18 heavy (non-hydrogen) atoms. The molecule has 1 aromatic rings. The van der Waals surface area contributed by atoms with Crippen LogP contribution in [0.2, 0.25) is 0 Å². The van der Waals surface area contributed by atoms with Crippen LogP contribution in [0, 0.1) is 23.4 Å². The van der Waals surface area contributed by atoms with E-state index in [4.69, 9.17) is 0 Å². The first-order chi connectivity index (χ1) is 8.50. The highest BCUT2D eigenvalue weighted by molar-refractivity contribution is 5.95. The molecule has 0 saturated carbocycles. The number of carbonyl (C=O) groups excluding carboxylic acids is 1. The fraction of sp³-hybridized carbons (Fsp3) is 0.417. The van der Waals surface area contributed by atoms with E-state index in [2.05, 4.69) is 10.6 Å². The molecule has 0 radical (unpaired) electrons. The van der Waals surface area contributed by atoms with Crippen molar-refractivity contribution in [1.29, 1.82) is 0 Å². The van der Waals surface area contributed by atoms with Gasteiger partial charge in [0.25, 0.3) is 0 Å². The second-order valence-electron chi connectivity index (χ2n) is 4.41. The van der Waals surface area contributed by atoms with Gasteiger partial charge < -0.3 is 10.6 Å². The maximum atomic E-state index is 13.4. The van der Waals surface area contributed by atoms with Crippen LogP contribution in [-0.2, 0) is 4.79 Å². The van der Waals surface area contributed by atoms with Gasteiger partial charge in [-0.3, -0.25) is 4.79 Å². The maximum absolute atomic E-state index is 13.4. The number of hydrogen-bond donors (Lipinski definition) is 2. The lowest BCUT2D eigenvalue weighted by atomic mass is 10.0. The Kier molecular flexibility index (Phi) is 3.56. The van der Waals surface area contributed by atoms with E-state index in [0.717, 1.165) is 18.6 Å². The highest BCUT2D eigenvalue weighted by Crippen LogP contribution is 2.21. The SMILES string of the molecule is CC1CCNC1C(=O)Nc1ccc(F)c(F)c1F. The van der Waals surface area contributed by atoms with Gasteiger partial charge in [-0.1, -0.05) is 6.92 Å². The van der Waals surface area contributed by atoms with E-state index < -0.39 is 29.4 Å². The first kappa shape index (κ1) is 12.9. The minimum Gasteiger partial charge on any atom is -0.322 e. The number of amides is 1. The van der Waals surface area contributed by atoms with Crippen LogP contribution in [0.4, 0.5) is 18.9 Å². The summed E-state index contributed by atoms with van der Waals surface area (Å²) in [5.74, 6) is -4.56. The number of hydrogen-bond acceptors (Lipinski definition) is 2. The van der Waals surface area contributed by atoms with Crippen LogP contribution in [0.25, 0.3) is 0 Å². The van der Waals surface area contributed by atoms with Crippen molar-refractivity contribution in [3.8, 4) is 0 Å². The predicted octanol–water partition coefficient (Wildman–Crippen LogP) is 2.04. The lowest BCUT2D eigenvalue weighted by Gasteiger charge is -2.15. The summed E-state index contributed by atoms with van der Waals surface area (Å²) in [5, 5.41) is 5.24. The van der Waals surface area contributed by atoms with E-state index >= 15 is 0 Å². The van der Waals surface area contributed by atoms with Crippen LogP contribution in [0.1, 0.15) is 13.3 Å². The Morgan fingerprint density at radius 1 is 1.33 bits per heavy atom. The molecule has 1 aliphatic heterocycles. The third-order valence-electron chi connectivity index (χ3n) is 3.11. The van der Waals surface area contributed by atoms with Crippen molar-refractivity contribution >= 4 is 11.6 Å². The number of anilines is 1. The molecule has 1 heterocycles. The standard InChI is InChI=1S/C12H13F3N2O/c1-6-4-5-16-11(6)12(18)17-8-3-2-7(13)9(14)10(8)15/h2-3,6,11,16H,4-5H2,1H3,(H,17,18). The van der Waals surface area contributed by atoms with E-state index in [1.807, 2.05) is 6.92 Å². The van der Waals surface area contributed by atoms with Gasteiger partial charge in [0.05, 0.1) is 11.7 Å². The van der Waals surface area contributed by atoms with Crippen LogP contribution >= 0.6 is 0 Å². The van der Waals surface area contributed by atoms with Gasteiger partial charge in [0.2, 0.25) is 5.91 Å². The van der Waals surface area contributed by atoms with Crippen LogP contribution in [0.3, 0.4) is 0 Å². The Bertz CT molecular complexity index is 479. The molecule has 1 saturated heterocycles. The van der Waals surface area contributed by atoms with E-state index in [0.29, 0.717) is 6.54 Å². The molecule has 1 amide bonds. The lowest BCUT2D eigenvalue weighted by molar-refractivity contribution is -0.118. The van der Waals surface area contributed by atoms with E-state index in [1.165, 1.54) is 0 Å². The zero-order valence-electron chi connectivity index (χ0n) is 9.77. The van der Waals surface area contributed by atoms with Gasteiger partial charge >= 0.3 is 0 Å². The van der Waals surface area contributed by atoms with E-state index in [1.54, 1.807) is 0 Å². The van der Waals surface area contributed by atoms with E-state index in [-0.39, 0.29) is 11.6 Å². The number of nitrogens with one attached hydrogen (secondary N) is 2. The van der Waals surface area contributed by atoms with Gasteiger partial charge in [0.15, 0.2) is 17.5 Å². The Morgan fingerprint density at radius 3 is 2.67 bits per heavy atom. The molecule has 2 atom stereocenters. The molecule has 3 nitrogen and oxygen atoms in total.